The van der Waals surface area contributed by atoms with Crippen molar-refractivity contribution in [2.24, 2.45) is 17.2 Å². The Hall–Kier alpha value is -6.29. The highest BCUT2D eigenvalue weighted by atomic mass is 16.5. The second-order valence-electron chi connectivity index (χ2n) is 15.0. The van der Waals surface area contributed by atoms with Gasteiger partial charge in [0.2, 0.25) is 17.7 Å². The molecule has 4 aromatic rings. The first-order chi connectivity index (χ1) is 29.4. The Labute approximate surface area is 356 Å². The summed E-state index contributed by atoms with van der Waals surface area (Å²) in [4.78, 5) is 69.5. The van der Waals surface area contributed by atoms with Crippen molar-refractivity contribution in [1.29, 1.82) is 0 Å². The average Bonchev–Trinajstić information content (AvgIpc) is 3.26. The molecule has 324 valence electrons. The van der Waals surface area contributed by atoms with Crippen LogP contribution in [0.15, 0.2) is 84.9 Å². The minimum Gasteiger partial charge on any atom is -0.492 e. The molecule has 10 N–H and O–H groups in total. The third-order valence-corrected chi connectivity index (χ3v) is 10.5. The van der Waals surface area contributed by atoms with Crippen LogP contribution in [0.2, 0.25) is 0 Å². The highest BCUT2D eigenvalue weighted by Gasteiger charge is 2.36. The molecule has 61 heavy (non-hydrogen) atoms. The van der Waals surface area contributed by atoms with Crippen LogP contribution in [0.3, 0.4) is 0 Å². The number of nitrogens with one attached hydrogen (secondary N) is 3. The van der Waals surface area contributed by atoms with E-state index in [4.69, 9.17) is 26.7 Å². The summed E-state index contributed by atoms with van der Waals surface area (Å²) in [6.45, 7) is 4.32. The van der Waals surface area contributed by atoms with Crippen LogP contribution in [0, 0.1) is 0 Å². The number of benzene rings is 4. The quantitative estimate of drug-likeness (QED) is 0.0814. The lowest BCUT2D eigenvalue weighted by Gasteiger charge is -2.32. The maximum absolute atomic E-state index is 14.5. The third-order valence-electron chi connectivity index (χ3n) is 10.5. The summed E-state index contributed by atoms with van der Waals surface area (Å²) < 4.78 is 12.1. The number of likely N-dealkylation sites (N-methyl/N-ethyl adjacent to an activating group) is 1. The molecule has 15 heteroatoms. The molecule has 0 fully saturated rings. The van der Waals surface area contributed by atoms with Crippen molar-refractivity contribution < 1.29 is 38.6 Å². The highest BCUT2D eigenvalue weighted by Crippen LogP contribution is 2.40. The number of unbranched alkanes of at least 4 members (excludes halogenated alkanes) is 1. The Balaban J connectivity index is 1.51. The summed E-state index contributed by atoms with van der Waals surface area (Å²) >= 11 is 0. The van der Waals surface area contributed by atoms with E-state index in [1.54, 1.807) is 48.5 Å². The predicted molar refractivity (Wildman–Crippen MR) is 233 cm³/mol. The predicted octanol–water partition coefficient (Wildman–Crippen LogP) is 3.32. The van der Waals surface area contributed by atoms with Gasteiger partial charge in [-0.25, -0.2) is 4.79 Å². The SMILES string of the molecule is CCCCc1ccc(-c2ccc(C(=O)NC(CCN)C(=O)N(C)C3C(=O)NC(C)C(=O)NC(C(=O)O)Cc4ccc(OCCN)c(c4)-c4cc3ccc4OCCN)cc2)cc1. The number of carboxylic acids is 1. The summed E-state index contributed by atoms with van der Waals surface area (Å²) in [7, 11) is 1.42. The van der Waals surface area contributed by atoms with E-state index < -0.39 is 53.8 Å². The topological polar surface area (TPSA) is 241 Å². The second-order valence-corrected chi connectivity index (χ2v) is 15.0. The standard InChI is InChI=1S/C46H57N7O8/c1-4-5-6-29-7-10-31(11-8-29)32-12-14-33(15-13-32)43(55)51-37(19-20-47)45(57)53(3)41-34-16-18-40(61-24-22-49)36(27-34)35-25-30(9-17-39(35)60-23-21-48)26-38(46(58)59)52-42(54)28(2)50-44(41)56/h7-18,25,27-28,37-38,41H,4-6,19-24,26,47-49H2,1-3H3,(H,50,56)(H,51,55)(H,52,54)(H,58,59). The smallest absolute Gasteiger partial charge is 0.326 e. The summed E-state index contributed by atoms with van der Waals surface area (Å²) in [5.74, 6) is -3.13. The Morgan fingerprint density at radius 3 is 2.02 bits per heavy atom. The van der Waals surface area contributed by atoms with Gasteiger partial charge >= 0.3 is 5.97 Å². The molecule has 4 amide bonds. The lowest BCUT2D eigenvalue weighted by atomic mass is 9.93. The monoisotopic (exact) mass is 835 g/mol. The maximum atomic E-state index is 14.5. The number of hydrogen-bond donors (Lipinski definition) is 7. The van der Waals surface area contributed by atoms with Gasteiger partial charge in [0.1, 0.15) is 48.9 Å². The van der Waals surface area contributed by atoms with Crippen LogP contribution in [0.4, 0.5) is 0 Å². The molecule has 4 unspecified atom stereocenters. The van der Waals surface area contributed by atoms with Gasteiger partial charge in [0.25, 0.3) is 5.91 Å². The summed E-state index contributed by atoms with van der Waals surface area (Å²) in [6, 6.07) is 20.4. The molecule has 4 aromatic carbocycles. The number of ether oxygens (including phenoxy) is 2. The molecule has 0 aromatic heterocycles. The van der Waals surface area contributed by atoms with Gasteiger partial charge < -0.3 is 52.6 Å². The average molecular weight is 836 g/mol. The minimum atomic E-state index is -1.37. The van der Waals surface area contributed by atoms with Gasteiger partial charge in [-0.2, -0.15) is 0 Å². The Morgan fingerprint density at radius 2 is 1.43 bits per heavy atom. The van der Waals surface area contributed by atoms with Crippen molar-refractivity contribution >= 4 is 29.6 Å². The summed E-state index contributed by atoms with van der Waals surface area (Å²) in [5, 5.41) is 18.1. The van der Waals surface area contributed by atoms with Gasteiger partial charge in [-0.15, -0.1) is 0 Å². The van der Waals surface area contributed by atoms with Crippen LogP contribution in [0.25, 0.3) is 22.3 Å². The Bertz CT molecular complexity index is 2160. The van der Waals surface area contributed by atoms with Gasteiger partial charge in [-0.3, -0.25) is 19.2 Å². The molecular formula is C46H57N7O8. The number of nitrogens with two attached hydrogens (primary N) is 3. The molecule has 5 rings (SSSR count). The van der Waals surface area contributed by atoms with Crippen molar-refractivity contribution in [1.82, 2.24) is 20.9 Å². The number of carbonyl (C=O) groups excluding carboxylic acids is 4. The van der Waals surface area contributed by atoms with Crippen LogP contribution in [0.5, 0.6) is 11.5 Å². The van der Waals surface area contributed by atoms with E-state index in [2.05, 4.69) is 47.1 Å². The van der Waals surface area contributed by atoms with Gasteiger partial charge in [0.05, 0.1) is 0 Å². The van der Waals surface area contributed by atoms with Crippen molar-refractivity contribution in [3.05, 3.63) is 107 Å². The zero-order valence-corrected chi connectivity index (χ0v) is 34.9. The fourth-order valence-electron chi connectivity index (χ4n) is 7.17. The second kappa shape index (κ2) is 21.8. The number of fused-ring (bicyclic) bond motifs is 5. The Morgan fingerprint density at radius 1 is 0.820 bits per heavy atom. The summed E-state index contributed by atoms with van der Waals surface area (Å²) in [6.07, 6.45) is 3.22. The molecule has 1 heterocycles. The maximum Gasteiger partial charge on any atom is 0.326 e. The molecular weight excluding hydrogens is 779 g/mol. The first-order valence-electron chi connectivity index (χ1n) is 20.6. The van der Waals surface area contributed by atoms with Crippen LogP contribution < -0.4 is 42.6 Å². The molecule has 0 radical (unpaired) electrons. The normalized spacial score (nSPS) is 16.9. The largest absolute Gasteiger partial charge is 0.492 e. The van der Waals surface area contributed by atoms with E-state index in [9.17, 15) is 29.1 Å². The van der Waals surface area contributed by atoms with E-state index in [-0.39, 0.29) is 45.7 Å². The number of rotatable bonds is 17. The van der Waals surface area contributed by atoms with E-state index in [1.807, 2.05) is 12.1 Å². The van der Waals surface area contributed by atoms with Gasteiger partial charge in [0, 0.05) is 43.2 Å². The summed E-state index contributed by atoms with van der Waals surface area (Å²) in [5.41, 5.74) is 22.9. The van der Waals surface area contributed by atoms with Crippen LogP contribution >= 0.6 is 0 Å². The van der Waals surface area contributed by atoms with Gasteiger partial charge in [-0.1, -0.05) is 61.9 Å². The minimum absolute atomic E-state index is 0.0375. The number of aryl methyl sites for hydroxylation is 1. The van der Waals surface area contributed by atoms with E-state index in [0.717, 1.165) is 30.4 Å². The fraction of sp³-hybridized carbons (Fsp3) is 0.370. The van der Waals surface area contributed by atoms with Gasteiger partial charge in [-0.05, 0) is 96.9 Å². The van der Waals surface area contributed by atoms with Crippen LogP contribution in [-0.4, -0.2) is 97.6 Å². The first-order valence-corrected chi connectivity index (χ1v) is 20.6. The molecule has 0 saturated heterocycles. The highest BCUT2D eigenvalue weighted by molar-refractivity contribution is 5.99. The molecule has 0 aliphatic carbocycles. The zero-order chi connectivity index (χ0) is 44.1. The number of carbonyl (C=O) groups is 5. The molecule has 4 bridgehead atoms. The number of carboxylic acid groups (broad SMARTS) is 1. The van der Waals surface area contributed by atoms with E-state index in [1.165, 1.54) is 24.4 Å². The van der Waals surface area contributed by atoms with Crippen molar-refractivity contribution in [2.75, 3.05) is 39.9 Å². The molecule has 0 saturated carbocycles. The molecule has 4 atom stereocenters. The molecule has 1 aliphatic heterocycles. The van der Waals surface area contributed by atoms with Crippen molar-refractivity contribution in [2.45, 2.75) is 70.1 Å². The van der Waals surface area contributed by atoms with Crippen molar-refractivity contribution in [3.63, 3.8) is 0 Å². The lowest BCUT2D eigenvalue weighted by Crippen LogP contribution is -2.55. The van der Waals surface area contributed by atoms with E-state index in [0.29, 0.717) is 39.3 Å². The van der Waals surface area contributed by atoms with Gasteiger partial charge in [0.15, 0.2) is 0 Å². The Kier molecular flexibility index (Phi) is 16.4. The lowest BCUT2D eigenvalue weighted by molar-refractivity contribution is -0.143. The molecule has 1 aliphatic rings. The zero-order valence-electron chi connectivity index (χ0n) is 34.9. The number of hydrogen-bond acceptors (Lipinski definition) is 10. The van der Waals surface area contributed by atoms with Crippen LogP contribution in [0.1, 0.15) is 66.2 Å². The molecule has 0 spiro atoms. The number of nitrogens with zero attached hydrogens (tertiary/aromatic N) is 1. The van der Waals surface area contributed by atoms with E-state index >= 15 is 0 Å². The first kappa shape index (κ1) is 45.8. The third kappa shape index (κ3) is 11.7. The number of aliphatic carboxylic acids is 1. The van der Waals surface area contributed by atoms with Crippen molar-refractivity contribution in [3.8, 4) is 33.8 Å². The molecule has 15 nitrogen and oxygen atoms in total. The number of amides is 4. The fourth-order valence-corrected chi connectivity index (χ4v) is 7.17. The van der Waals surface area contributed by atoms with Crippen LogP contribution in [-0.2, 0) is 32.0 Å².